The summed E-state index contributed by atoms with van der Waals surface area (Å²) >= 11 is 12.0. The van der Waals surface area contributed by atoms with E-state index in [1.165, 1.54) is 35.0 Å². The zero-order valence-electron chi connectivity index (χ0n) is 14.1. The van der Waals surface area contributed by atoms with Crippen molar-refractivity contribution in [2.24, 2.45) is 0 Å². The minimum absolute atomic E-state index is 0.0127. The highest BCUT2D eigenvalue weighted by molar-refractivity contribution is 7.91. The van der Waals surface area contributed by atoms with E-state index in [2.05, 4.69) is 15.4 Å². The molecule has 1 aliphatic heterocycles. The number of nitrogens with zero attached hydrogens (tertiary/aromatic N) is 2. The molecule has 7 nitrogen and oxygen atoms in total. The highest BCUT2D eigenvalue weighted by Crippen LogP contribution is 2.32. The van der Waals surface area contributed by atoms with Gasteiger partial charge in [0.2, 0.25) is 9.84 Å². The Morgan fingerprint density at radius 3 is 2.56 bits per heavy atom. The first-order valence-electron chi connectivity index (χ1n) is 8.40. The molecule has 0 unspecified atom stereocenters. The summed E-state index contributed by atoms with van der Waals surface area (Å²) in [5.74, 6) is 0.130. The van der Waals surface area contributed by atoms with Crippen LogP contribution in [0.5, 0.6) is 0 Å². The van der Waals surface area contributed by atoms with Crippen LogP contribution in [0.25, 0.3) is 5.65 Å². The molecule has 0 atom stereocenters. The van der Waals surface area contributed by atoms with Gasteiger partial charge in [-0.2, -0.15) is 5.10 Å². The number of hydrogen-bond donors (Lipinski definition) is 2. The van der Waals surface area contributed by atoms with Crippen molar-refractivity contribution in [2.45, 2.75) is 28.6 Å². The number of halogens is 2. The number of rotatable bonds is 3. The molecule has 0 aliphatic carbocycles. The number of H-pyrrole nitrogens is 1. The highest BCUT2D eigenvalue weighted by atomic mass is 35.5. The Morgan fingerprint density at radius 1 is 1.11 bits per heavy atom. The molecule has 10 heteroatoms. The Balaban J connectivity index is 1.90. The van der Waals surface area contributed by atoms with Gasteiger partial charge in [0.15, 0.2) is 5.65 Å². The SMILES string of the molecule is O=c1cc(C2CCNCC2)n2ncc(S(=O)(=O)c3ccc(Cl)cc3Cl)c2[nH]1. The van der Waals surface area contributed by atoms with Gasteiger partial charge in [-0.15, -0.1) is 0 Å². The van der Waals surface area contributed by atoms with E-state index < -0.39 is 9.84 Å². The normalized spacial score (nSPS) is 16.1. The van der Waals surface area contributed by atoms with E-state index in [0.717, 1.165) is 25.9 Å². The summed E-state index contributed by atoms with van der Waals surface area (Å²) in [5, 5.41) is 7.87. The van der Waals surface area contributed by atoms with Gasteiger partial charge in [0.05, 0.1) is 21.8 Å². The molecular weight excluding hydrogens is 411 g/mol. The van der Waals surface area contributed by atoms with Gasteiger partial charge in [-0.25, -0.2) is 12.9 Å². The molecule has 0 bridgehead atoms. The maximum absolute atomic E-state index is 13.1. The van der Waals surface area contributed by atoms with Crippen LogP contribution in [0, 0.1) is 0 Å². The molecular formula is C17H16Cl2N4O3S. The van der Waals surface area contributed by atoms with Crippen LogP contribution in [0.3, 0.4) is 0 Å². The molecule has 0 radical (unpaired) electrons. The van der Waals surface area contributed by atoms with Crippen LogP contribution in [0.2, 0.25) is 10.0 Å². The van der Waals surface area contributed by atoms with Gasteiger partial charge in [-0.1, -0.05) is 23.2 Å². The van der Waals surface area contributed by atoms with Crippen molar-refractivity contribution in [2.75, 3.05) is 13.1 Å². The Hall–Kier alpha value is -1.87. The Bertz CT molecular complexity index is 1180. The lowest BCUT2D eigenvalue weighted by Crippen LogP contribution is -2.28. The van der Waals surface area contributed by atoms with Gasteiger partial charge in [-0.05, 0) is 44.1 Å². The largest absolute Gasteiger partial charge is 0.317 e. The molecule has 142 valence electrons. The maximum atomic E-state index is 13.1. The summed E-state index contributed by atoms with van der Waals surface area (Å²) in [7, 11) is -3.99. The Labute approximate surface area is 165 Å². The summed E-state index contributed by atoms with van der Waals surface area (Å²) in [6.45, 7) is 1.68. The standard InChI is InChI=1S/C17H16Cl2N4O3S/c18-11-1-2-14(12(19)7-11)27(25,26)15-9-21-23-13(8-16(24)22-17(15)23)10-3-5-20-6-4-10/h1-2,7-10,20H,3-6H2,(H,22,24). The minimum atomic E-state index is -3.99. The summed E-state index contributed by atoms with van der Waals surface area (Å²) in [5.41, 5.74) is 0.483. The highest BCUT2D eigenvalue weighted by Gasteiger charge is 2.28. The summed E-state index contributed by atoms with van der Waals surface area (Å²) in [6.07, 6.45) is 2.95. The molecule has 1 aliphatic rings. The first-order valence-corrected chi connectivity index (χ1v) is 10.6. The lowest BCUT2D eigenvalue weighted by atomic mass is 9.94. The second kappa shape index (κ2) is 6.94. The van der Waals surface area contributed by atoms with Crippen molar-refractivity contribution in [3.8, 4) is 0 Å². The first-order chi connectivity index (χ1) is 12.9. The minimum Gasteiger partial charge on any atom is -0.317 e. The quantitative estimate of drug-likeness (QED) is 0.670. The van der Waals surface area contributed by atoms with E-state index >= 15 is 0 Å². The summed E-state index contributed by atoms with van der Waals surface area (Å²) in [4.78, 5) is 14.6. The molecule has 3 heterocycles. The van der Waals surface area contributed by atoms with Crippen LogP contribution >= 0.6 is 23.2 Å². The average Bonchev–Trinajstić information content (AvgIpc) is 3.06. The van der Waals surface area contributed by atoms with Crippen LogP contribution in [0.1, 0.15) is 24.5 Å². The van der Waals surface area contributed by atoms with Gasteiger partial charge >= 0.3 is 0 Å². The topological polar surface area (TPSA) is 96.3 Å². The van der Waals surface area contributed by atoms with E-state index in [4.69, 9.17) is 23.2 Å². The predicted molar refractivity (Wildman–Crippen MR) is 103 cm³/mol. The molecule has 1 fully saturated rings. The Morgan fingerprint density at radius 2 is 1.85 bits per heavy atom. The molecule has 2 aromatic heterocycles. The molecule has 3 aromatic rings. The zero-order valence-corrected chi connectivity index (χ0v) is 16.4. The molecule has 0 spiro atoms. The number of benzene rings is 1. The van der Waals surface area contributed by atoms with Gasteiger partial charge in [0, 0.05) is 17.0 Å². The molecule has 27 heavy (non-hydrogen) atoms. The van der Waals surface area contributed by atoms with Crippen molar-refractivity contribution in [3.05, 3.63) is 56.6 Å². The monoisotopic (exact) mass is 426 g/mol. The van der Waals surface area contributed by atoms with Crippen LogP contribution in [0.15, 0.2) is 45.0 Å². The fourth-order valence-corrected chi connectivity index (χ4v) is 5.50. The lowest BCUT2D eigenvalue weighted by molar-refractivity contribution is 0.446. The van der Waals surface area contributed by atoms with Crippen molar-refractivity contribution < 1.29 is 8.42 Å². The van der Waals surface area contributed by atoms with Crippen molar-refractivity contribution in [1.82, 2.24) is 19.9 Å². The first kappa shape index (κ1) is 18.5. The summed E-state index contributed by atoms with van der Waals surface area (Å²) in [6, 6.07) is 5.65. The number of fused-ring (bicyclic) bond motifs is 1. The van der Waals surface area contributed by atoms with E-state index in [-0.39, 0.29) is 31.9 Å². The number of nitrogens with one attached hydrogen (secondary N) is 2. The fourth-order valence-electron chi connectivity index (χ4n) is 3.41. The van der Waals surface area contributed by atoms with Crippen LogP contribution in [-0.4, -0.2) is 36.1 Å². The number of aromatic amines is 1. The number of aromatic nitrogens is 3. The summed E-state index contributed by atoms with van der Waals surface area (Å²) < 4.78 is 27.8. The lowest BCUT2D eigenvalue weighted by Gasteiger charge is -2.23. The Kier molecular flexibility index (Phi) is 4.75. The van der Waals surface area contributed by atoms with Gasteiger partial charge < -0.3 is 10.3 Å². The third-order valence-corrected chi connectivity index (χ3v) is 7.20. The zero-order chi connectivity index (χ0) is 19.2. The second-order valence-corrected chi connectivity index (χ2v) is 9.16. The van der Waals surface area contributed by atoms with Crippen molar-refractivity contribution in [1.29, 1.82) is 0 Å². The molecule has 0 saturated carbocycles. The molecule has 2 N–H and O–H groups in total. The smallest absolute Gasteiger partial charge is 0.251 e. The number of hydrogen-bond acceptors (Lipinski definition) is 5. The molecule has 1 aromatic carbocycles. The van der Waals surface area contributed by atoms with Gasteiger partial charge in [-0.3, -0.25) is 4.79 Å². The fraction of sp³-hybridized carbons (Fsp3) is 0.294. The van der Waals surface area contributed by atoms with Gasteiger partial charge in [0.1, 0.15) is 4.90 Å². The van der Waals surface area contributed by atoms with Crippen molar-refractivity contribution >= 4 is 38.7 Å². The van der Waals surface area contributed by atoms with Crippen LogP contribution in [-0.2, 0) is 9.84 Å². The van der Waals surface area contributed by atoms with E-state index in [9.17, 15) is 13.2 Å². The van der Waals surface area contributed by atoms with Crippen molar-refractivity contribution in [3.63, 3.8) is 0 Å². The molecule has 0 amide bonds. The third kappa shape index (κ3) is 3.27. The van der Waals surface area contributed by atoms with E-state index in [0.29, 0.717) is 10.7 Å². The predicted octanol–water partition coefficient (Wildman–Crippen LogP) is 2.63. The maximum Gasteiger partial charge on any atom is 0.251 e. The van der Waals surface area contributed by atoms with Crippen LogP contribution in [0.4, 0.5) is 0 Å². The second-order valence-electron chi connectivity index (χ2n) is 6.43. The van der Waals surface area contributed by atoms with E-state index in [1.807, 2.05) is 0 Å². The van der Waals surface area contributed by atoms with E-state index in [1.54, 1.807) is 0 Å². The molecule has 4 rings (SSSR count). The van der Waals surface area contributed by atoms with Crippen LogP contribution < -0.4 is 10.9 Å². The number of piperidine rings is 1. The average molecular weight is 427 g/mol. The number of sulfone groups is 1. The third-order valence-electron chi connectivity index (χ3n) is 4.73. The molecule has 1 saturated heterocycles. The van der Waals surface area contributed by atoms with Gasteiger partial charge in [0.25, 0.3) is 5.56 Å².